The van der Waals surface area contributed by atoms with Crippen LogP contribution in [0.3, 0.4) is 0 Å². The molecule has 0 radical (unpaired) electrons. The molecule has 0 aromatic heterocycles. The standard InChI is InChI=1S/C3H7PS2/c1-2-3-4(5)6/h2-3H2,1H3. The van der Waals surface area contributed by atoms with Gasteiger partial charge in [0.1, 0.15) is 0 Å². The first kappa shape index (κ1) is 6.74. The van der Waals surface area contributed by atoms with Crippen molar-refractivity contribution < 1.29 is 0 Å². The average molecular weight is 138 g/mol. The lowest BCUT2D eigenvalue weighted by Gasteiger charge is -1.75. The van der Waals surface area contributed by atoms with E-state index < -0.39 is 5.47 Å². The van der Waals surface area contributed by atoms with Gasteiger partial charge in [-0.05, 0) is 6.42 Å². The highest BCUT2D eigenvalue weighted by molar-refractivity contribution is 8.25. The first-order chi connectivity index (χ1) is 2.77. The fourth-order valence-electron chi connectivity index (χ4n) is 0.183. The Balaban J connectivity index is 3.07. The Hall–Kier alpha value is 0.740. The Morgan fingerprint density at radius 2 is 2.00 bits per heavy atom. The van der Waals surface area contributed by atoms with Gasteiger partial charge >= 0.3 is 0 Å². The maximum Gasteiger partial charge on any atom is 0.0103 e. The van der Waals surface area contributed by atoms with Crippen molar-refractivity contribution in [2.45, 2.75) is 13.3 Å². The molecule has 0 saturated carbocycles. The number of rotatable bonds is 2. The highest BCUT2D eigenvalue weighted by Gasteiger charge is 1.72. The van der Waals surface area contributed by atoms with E-state index in [9.17, 15) is 0 Å². The quantitative estimate of drug-likeness (QED) is 0.534. The summed E-state index contributed by atoms with van der Waals surface area (Å²) in [5.41, 5.74) is -0.434. The van der Waals surface area contributed by atoms with E-state index in [0.717, 1.165) is 12.6 Å². The van der Waals surface area contributed by atoms with E-state index in [0.29, 0.717) is 0 Å². The minimum atomic E-state index is -0.434. The molecule has 3 heteroatoms. The molecule has 0 bridgehead atoms. The van der Waals surface area contributed by atoms with Crippen molar-refractivity contribution in [2.24, 2.45) is 0 Å². The van der Waals surface area contributed by atoms with Crippen molar-refractivity contribution in [3.8, 4) is 0 Å². The molecule has 6 heavy (non-hydrogen) atoms. The van der Waals surface area contributed by atoms with E-state index in [1.807, 2.05) is 0 Å². The molecule has 36 valence electrons. The molecule has 0 amide bonds. The average Bonchev–Trinajstić information content (AvgIpc) is 1.35. The van der Waals surface area contributed by atoms with Crippen molar-refractivity contribution in [1.29, 1.82) is 0 Å². The van der Waals surface area contributed by atoms with E-state index in [-0.39, 0.29) is 0 Å². The van der Waals surface area contributed by atoms with Crippen LogP contribution in [0, 0.1) is 0 Å². The molecule has 0 aromatic carbocycles. The minimum absolute atomic E-state index is 0.434. The summed E-state index contributed by atoms with van der Waals surface area (Å²) in [4.78, 5) is 0. The molecule has 0 aromatic rings. The van der Waals surface area contributed by atoms with Crippen LogP contribution in [0.1, 0.15) is 13.3 Å². The second kappa shape index (κ2) is 3.91. The van der Waals surface area contributed by atoms with Crippen molar-refractivity contribution in [2.75, 3.05) is 6.16 Å². The Morgan fingerprint density at radius 1 is 1.50 bits per heavy atom. The van der Waals surface area contributed by atoms with E-state index in [1.54, 1.807) is 0 Å². The molecule has 0 aliphatic rings. The van der Waals surface area contributed by atoms with Gasteiger partial charge < -0.3 is 0 Å². The SMILES string of the molecule is CCCP(=S)=S. The van der Waals surface area contributed by atoms with Crippen LogP contribution in [0.25, 0.3) is 0 Å². The highest BCUT2D eigenvalue weighted by Crippen LogP contribution is 2.03. The lowest BCUT2D eigenvalue weighted by atomic mass is 10.6. The summed E-state index contributed by atoms with van der Waals surface area (Å²) in [6.45, 7) is 2.11. The van der Waals surface area contributed by atoms with Gasteiger partial charge in [-0.3, -0.25) is 0 Å². The molecule has 0 heterocycles. The van der Waals surface area contributed by atoms with E-state index in [4.69, 9.17) is 23.6 Å². The van der Waals surface area contributed by atoms with Crippen molar-refractivity contribution in [1.82, 2.24) is 0 Å². The fraction of sp³-hybridized carbons (Fsp3) is 1.00. The lowest BCUT2D eigenvalue weighted by Crippen LogP contribution is -1.60. The van der Waals surface area contributed by atoms with E-state index in [1.165, 1.54) is 0 Å². The van der Waals surface area contributed by atoms with Gasteiger partial charge in [0.05, 0.1) is 0 Å². The van der Waals surface area contributed by atoms with Gasteiger partial charge in [-0.1, -0.05) is 30.5 Å². The molecule has 0 atom stereocenters. The third-order valence-electron chi connectivity index (χ3n) is 0.406. The Morgan fingerprint density at radius 3 is 2.00 bits per heavy atom. The summed E-state index contributed by atoms with van der Waals surface area (Å²) in [7, 11) is 0. The van der Waals surface area contributed by atoms with Gasteiger partial charge in [-0.25, -0.2) is 0 Å². The van der Waals surface area contributed by atoms with Crippen molar-refractivity contribution >= 4 is 29.1 Å². The summed E-state index contributed by atoms with van der Waals surface area (Å²) in [5.74, 6) is 0. The maximum atomic E-state index is 4.76. The summed E-state index contributed by atoms with van der Waals surface area (Å²) in [6.07, 6.45) is 2.22. The topological polar surface area (TPSA) is 0 Å². The third kappa shape index (κ3) is 4.74. The van der Waals surface area contributed by atoms with E-state index in [2.05, 4.69) is 6.92 Å². The summed E-state index contributed by atoms with van der Waals surface area (Å²) >= 11 is 9.52. The first-order valence-corrected chi connectivity index (χ1v) is 5.44. The van der Waals surface area contributed by atoms with Crippen LogP contribution in [0.15, 0.2) is 0 Å². The largest absolute Gasteiger partial charge is 0.0647 e. The molecule has 0 aliphatic carbocycles. The van der Waals surface area contributed by atoms with Gasteiger partial charge in [0.25, 0.3) is 0 Å². The van der Waals surface area contributed by atoms with Gasteiger partial charge in [0.2, 0.25) is 0 Å². The Labute approximate surface area is 49.0 Å². The van der Waals surface area contributed by atoms with Crippen LogP contribution in [0.2, 0.25) is 0 Å². The van der Waals surface area contributed by atoms with Crippen LogP contribution in [0.4, 0.5) is 0 Å². The lowest BCUT2D eigenvalue weighted by molar-refractivity contribution is 1.11. The van der Waals surface area contributed by atoms with Crippen LogP contribution < -0.4 is 0 Å². The van der Waals surface area contributed by atoms with Crippen LogP contribution in [-0.2, 0) is 23.6 Å². The van der Waals surface area contributed by atoms with Crippen LogP contribution in [0.5, 0.6) is 0 Å². The fourth-order valence-corrected chi connectivity index (χ4v) is 1.64. The molecule has 0 unspecified atom stereocenters. The second-order valence-corrected chi connectivity index (χ2v) is 5.51. The highest BCUT2D eigenvalue weighted by atomic mass is 32.7. The van der Waals surface area contributed by atoms with Crippen LogP contribution >= 0.6 is 5.47 Å². The van der Waals surface area contributed by atoms with Crippen molar-refractivity contribution in [3.05, 3.63) is 0 Å². The monoisotopic (exact) mass is 138 g/mol. The first-order valence-electron chi connectivity index (χ1n) is 1.89. The minimum Gasteiger partial charge on any atom is -0.0647 e. The predicted molar refractivity (Wildman–Crippen MR) is 36.8 cm³/mol. The Bertz CT molecular complexity index is 76.8. The summed E-state index contributed by atoms with van der Waals surface area (Å²) < 4.78 is 0. The molecule has 0 fully saturated rings. The molecular formula is C3H7PS2. The van der Waals surface area contributed by atoms with Crippen molar-refractivity contribution in [3.63, 3.8) is 0 Å². The summed E-state index contributed by atoms with van der Waals surface area (Å²) in [6, 6.07) is 0. The zero-order chi connectivity index (χ0) is 4.99. The third-order valence-corrected chi connectivity index (χ3v) is 2.31. The zero-order valence-electron chi connectivity index (χ0n) is 3.68. The molecule has 0 rings (SSSR count). The number of hydrogen-bond acceptors (Lipinski definition) is 2. The van der Waals surface area contributed by atoms with Gasteiger partial charge in [0, 0.05) is 11.6 Å². The molecule has 0 spiro atoms. The summed E-state index contributed by atoms with van der Waals surface area (Å²) in [5, 5.41) is 0. The van der Waals surface area contributed by atoms with Gasteiger partial charge in [-0.15, -0.1) is 0 Å². The molecule has 0 N–H and O–H groups in total. The second-order valence-electron chi connectivity index (χ2n) is 1.06. The van der Waals surface area contributed by atoms with Gasteiger partial charge in [0.15, 0.2) is 0 Å². The maximum absolute atomic E-state index is 4.76. The zero-order valence-corrected chi connectivity index (χ0v) is 6.21. The molecule has 0 saturated heterocycles. The Kier molecular flexibility index (Phi) is 4.40. The molecule has 0 nitrogen and oxygen atoms in total. The van der Waals surface area contributed by atoms with Gasteiger partial charge in [-0.2, -0.15) is 0 Å². The number of hydrogen-bond donors (Lipinski definition) is 0. The normalized spacial score (nSPS) is 8.17. The smallest absolute Gasteiger partial charge is 0.0103 e. The predicted octanol–water partition coefficient (Wildman–Crippen LogP) is 1.80. The van der Waals surface area contributed by atoms with Crippen LogP contribution in [-0.4, -0.2) is 6.16 Å². The molecule has 0 aliphatic heterocycles. The van der Waals surface area contributed by atoms with E-state index >= 15 is 0 Å². The molecular weight excluding hydrogens is 131 g/mol.